The van der Waals surface area contributed by atoms with E-state index in [9.17, 15) is 17.6 Å². The van der Waals surface area contributed by atoms with Gasteiger partial charge in [-0.05, 0) is 36.4 Å². The van der Waals surface area contributed by atoms with Crippen LogP contribution in [0.1, 0.15) is 10.4 Å². The molecule has 2 aromatic carbocycles. The van der Waals surface area contributed by atoms with Crippen LogP contribution < -0.4 is 4.72 Å². The van der Waals surface area contributed by atoms with E-state index in [2.05, 4.69) is 4.72 Å². The van der Waals surface area contributed by atoms with Crippen LogP contribution in [0.3, 0.4) is 0 Å². The summed E-state index contributed by atoms with van der Waals surface area (Å²) in [6.45, 7) is 0. The van der Waals surface area contributed by atoms with Crippen molar-refractivity contribution in [3.8, 4) is 0 Å². The second-order valence-electron chi connectivity index (χ2n) is 4.06. The first-order valence-electron chi connectivity index (χ1n) is 5.61. The lowest BCUT2D eigenvalue weighted by Crippen LogP contribution is -2.13. The van der Waals surface area contributed by atoms with Crippen LogP contribution in [0.2, 0.25) is 5.02 Å². The van der Waals surface area contributed by atoms with E-state index in [0.29, 0.717) is 0 Å². The maximum Gasteiger partial charge on any atom is 0.335 e. The third-order valence-corrected chi connectivity index (χ3v) is 4.24. The summed E-state index contributed by atoms with van der Waals surface area (Å²) in [6, 6.07) is 8.02. The molecule has 5 nitrogen and oxygen atoms in total. The van der Waals surface area contributed by atoms with E-state index >= 15 is 0 Å². The van der Waals surface area contributed by atoms with Crippen molar-refractivity contribution in [3.05, 3.63) is 58.9 Å². The molecule has 0 aliphatic heterocycles. The molecule has 110 valence electrons. The zero-order chi connectivity index (χ0) is 15.6. The van der Waals surface area contributed by atoms with Crippen LogP contribution in [0, 0.1) is 5.82 Å². The molecule has 2 N–H and O–H groups in total. The lowest BCUT2D eigenvalue weighted by atomic mass is 10.2. The molecule has 2 aromatic rings. The van der Waals surface area contributed by atoms with E-state index in [1.165, 1.54) is 24.3 Å². The highest BCUT2D eigenvalue weighted by Gasteiger charge is 2.17. The average Bonchev–Trinajstić information content (AvgIpc) is 2.40. The number of hydrogen-bond acceptors (Lipinski definition) is 3. The van der Waals surface area contributed by atoms with Crippen LogP contribution in [-0.2, 0) is 10.0 Å². The number of carbonyl (C=O) groups is 1. The lowest BCUT2D eigenvalue weighted by Gasteiger charge is -2.10. The normalized spacial score (nSPS) is 11.1. The first-order chi connectivity index (χ1) is 9.79. The molecule has 0 spiro atoms. The van der Waals surface area contributed by atoms with E-state index in [0.717, 1.165) is 18.2 Å². The zero-order valence-electron chi connectivity index (χ0n) is 10.4. The molecule has 0 fully saturated rings. The van der Waals surface area contributed by atoms with Crippen LogP contribution in [0.5, 0.6) is 0 Å². The van der Waals surface area contributed by atoms with Crippen molar-refractivity contribution in [2.45, 2.75) is 4.90 Å². The van der Waals surface area contributed by atoms with Gasteiger partial charge in [-0.3, -0.25) is 4.72 Å². The van der Waals surface area contributed by atoms with Crippen LogP contribution in [-0.4, -0.2) is 19.5 Å². The van der Waals surface area contributed by atoms with E-state index in [-0.39, 0.29) is 21.2 Å². The van der Waals surface area contributed by atoms with Crippen molar-refractivity contribution >= 4 is 33.3 Å². The van der Waals surface area contributed by atoms with Gasteiger partial charge in [-0.15, -0.1) is 0 Å². The molecular formula is C13H9ClFNO4S. The number of hydrogen-bond donors (Lipinski definition) is 2. The molecule has 0 aromatic heterocycles. The molecule has 0 saturated heterocycles. The van der Waals surface area contributed by atoms with Gasteiger partial charge < -0.3 is 5.11 Å². The van der Waals surface area contributed by atoms with Gasteiger partial charge in [-0.2, -0.15) is 0 Å². The van der Waals surface area contributed by atoms with Crippen molar-refractivity contribution in [2.24, 2.45) is 0 Å². The highest BCUT2D eigenvalue weighted by molar-refractivity contribution is 7.92. The molecule has 8 heteroatoms. The summed E-state index contributed by atoms with van der Waals surface area (Å²) in [7, 11) is -4.01. The minimum atomic E-state index is -4.01. The van der Waals surface area contributed by atoms with Gasteiger partial charge in [0.25, 0.3) is 10.0 Å². The largest absolute Gasteiger partial charge is 0.478 e. The zero-order valence-corrected chi connectivity index (χ0v) is 12.0. The van der Waals surface area contributed by atoms with Crippen LogP contribution >= 0.6 is 11.6 Å². The number of carboxylic acid groups (broad SMARTS) is 1. The molecule has 0 amide bonds. The summed E-state index contributed by atoms with van der Waals surface area (Å²) in [5, 5.41) is 8.73. The Hall–Kier alpha value is -2.12. The molecule has 0 atom stereocenters. The molecule has 0 unspecified atom stereocenters. The standard InChI is InChI=1S/C13H9ClFNO4S/c14-11-6-8(13(17)18)4-5-12(11)16-21(19,20)10-3-1-2-9(15)7-10/h1-7,16H,(H,17,18). The summed E-state index contributed by atoms with van der Waals surface area (Å²) in [4.78, 5) is 10.5. The first-order valence-corrected chi connectivity index (χ1v) is 7.47. The van der Waals surface area contributed by atoms with Gasteiger partial charge in [0.15, 0.2) is 0 Å². The SMILES string of the molecule is O=C(O)c1ccc(NS(=O)(=O)c2cccc(F)c2)c(Cl)c1. The number of benzene rings is 2. The number of nitrogens with one attached hydrogen (secondary N) is 1. The topological polar surface area (TPSA) is 83.5 Å². The third-order valence-electron chi connectivity index (χ3n) is 2.57. The molecule has 2 rings (SSSR count). The average molecular weight is 330 g/mol. The number of sulfonamides is 1. The Bertz CT molecular complexity index is 808. The van der Waals surface area contributed by atoms with E-state index < -0.39 is 21.8 Å². The Labute approximate surface area is 125 Å². The molecule has 0 bridgehead atoms. The Morgan fingerprint density at radius 3 is 2.48 bits per heavy atom. The molecule has 0 saturated carbocycles. The maximum atomic E-state index is 13.1. The molecule has 0 aliphatic rings. The predicted molar refractivity (Wildman–Crippen MR) is 75.6 cm³/mol. The fraction of sp³-hybridized carbons (Fsp3) is 0. The second kappa shape index (κ2) is 5.71. The fourth-order valence-corrected chi connectivity index (χ4v) is 2.96. The number of halogens is 2. The van der Waals surface area contributed by atoms with E-state index in [4.69, 9.17) is 16.7 Å². The highest BCUT2D eigenvalue weighted by atomic mass is 35.5. The molecule has 0 aliphatic carbocycles. The van der Waals surface area contributed by atoms with E-state index in [1.807, 2.05) is 0 Å². The maximum absolute atomic E-state index is 13.1. The summed E-state index contributed by atoms with van der Waals surface area (Å²) < 4.78 is 39.4. The van der Waals surface area contributed by atoms with Crippen molar-refractivity contribution in [3.63, 3.8) is 0 Å². The van der Waals surface area contributed by atoms with Gasteiger partial charge in [0.05, 0.1) is 21.2 Å². The fourth-order valence-electron chi connectivity index (χ4n) is 1.57. The van der Waals surface area contributed by atoms with Crippen LogP contribution in [0.15, 0.2) is 47.4 Å². The molecule has 0 heterocycles. The predicted octanol–water partition coefficient (Wildman–Crippen LogP) is 2.98. The van der Waals surface area contributed by atoms with Crippen LogP contribution in [0.25, 0.3) is 0 Å². The van der Waals surface area contributed by atoms with Gasteiger partial charge in [0.2, 0.25) is 0 Å². The van der Waals surface area contributed by atoms with Gasteiger partial charge >= 0.3 is 5.97 Å². The Morgan fingerprint density at radius 2 is 1.90 bits per heavy atom. The van der Waals surface area contributed by atoms with Gasteiger partial charge in [0, 0.05) is 0 Å². The summed E-state index contributed by atoms with van der Waals surface area (Å²) in [6.07, 6.45) is 0. The van der Waals surface area contributed by atoms with Crippen LogP contribution in [0.4, 0.5) is 10.1 Å². The Balaban J connectivity index is 2.35. The molecule has 0 radical (unpaired) electrons. The summed E-state index contributed by atoms with van der Waals surface area (Å²) in [5.74, 6) is -1.87. The van der Waals surface area contributed by atoms with Gasteiger partial charge in [-0.25, -0.2) is 17.6 Å². The Morgan fingerprint density at radius 1 is 1.19 bits per heavy atom. The van der Waals surface area contributed by atoms with Crippen molar-refractivity contribution in [1.29, 1.82) is 0 Å². The van der Waals surface area contributed by atoms with Gasteiger partial charge in [-0.1, -0.05) is 17.7 Å². The smallest absolute Gasteiger partial charge is 0.335 e. The van der Waals surface area contributed by atoms with Crippen molar-refractivity contribution < 1.29 is 22.7 Å². The lowest BCUT2D eigenvalue weighted by molar-refractivity contribution is 0.0697. The number of rotatable bonds is 4. The molecule has 21 heavy (non-hydrogen) atoms. The van der Waals surface area contributed by atoms with Crippen molar-refractivity contribution in [2.75, 3.05) is 4.72 Å². The monoisotopic (exact) mass is 329 g/mol. The van der Waals surface area contributed by atoms with Gasteiger partial charge in [0.1, 0.15) is 5.82 Å². The summed E-state index contributed by atoms with van der Waals surface area (Å²) >= 11 is 5.83. The highest BCUT2D eigenvalue weighted by Crippen LogP contribution is 2.26. The summed E-state index contributed by atoms with van der Waals surface area (Å²) in [5.41, 5.74) is -0.0698. The van der Waals surface area contributed by atoms with Crippen molar-refractivity contribution in [1.82, 2.24) is 0 Å². The minimum absolute atomic E-state index is 0.00549. The second-order valence-corrected chi connectivity index (χ2v) is 6.15. The number of anilines is 1. The first kappa shape index (κ1) is 15.3. The third kappa shape index (κ3) is 3.50. The quantitative estimate of drug-likeness (QED) is 0.903. The number of carboxylic acids is 1. The number of aromatic carboxylic acids is 1. The minimum Gasteiger partial charge on any atom is -0.478 e. The Kier molecular flexibility index (Phi) is 4.15. The van der Waals surface area contributed by atoms with E-state index in [1.54, 1.807) is 0 Å². The molecular weight excluding hydrogens is 321 g/mol.